The molecule has 8 nitrogen and oxygen atoms in total. The van der Waals surface area contributed by atoms with Crippen molar-refractivity contribution in [2.75, 3.05) is 50.9 Å². The maximum Gasteiger partial charge on any atom is 0.314 e. The van der Waals surface area contributed by atoms with Gasteiger partial charge in [0, 0.05) is 63.6 Å². The molecule has 0 saturated carbocycles. The molecule has 1 amide bonds. The Morgan fingerprint density at radius 3 is 2.72 bits per heavy atom. The monoisotopic (exact) mass is 402 g/mol. The van der Waals surface area contributed by atoms with Crippen molar-refractivity contribution in [1.82, 2.24) is 14.9 Å². The van der Waals surface area contributed by atoms with Crippen molar-refractivity contribution in [3.05, 3.63) is 18.5 Å². The Morgan fingerprint density at radius 1 is 1.24 bits per heavy atom. The Balaban J connectivity index is 1.57. The Kier molecular flexibility index (Phi) is 5.99. The number of esters is 1. The SMILES string of the molecule is CCOC(=O)[C@]12CCCN(C(=O)C3CCOCC3)C[C@H]1CN(c1ncccn1)C2. The van der Waals surface area contributed by atoms with E-state index < -0.39 is 5.41 Å². The molecule has 1 aromatic rings. The molecular formula is C21H30N4O4. The lowest BCUT2D eigenvalue weighted by molar-refractivity contribution is -0.157. The summed E-state index contributed by atoms with van der Waals surface area (Å²) in [6, 6.07) is 1.78. The van der Waals surface area contributed by atoms with E-state index in [1.165, 1.54) is 0 Å². The fraction of sp³-hybridized carbons (Fsp3) is 0.714. The fourth-order valence-electron chi connectivity index (χ4n) is 5.05. The van der Waals surface area contributed by atoms with E-state index in [9.17, 15) is 9.59 Å². The Bertz CT molecular complexity index is 725. The highest BCUT2D eigenvalue weighted by molar-refractivity contribution is 5.81. The van der Waals surface area contributed by atoms with Crippen LogP contribution in [0.25, 0.3) is 0 Å². The van der Waals surface area contributed by atoms with Gasteiger partial charge in [0.1, 0.15) is 0 Å². The van der Waals surface area contributed by atoms with Crippen LogP contribution in [-0.4, -0.2) is 72.7 Å². The number of amides is 1. The largest absolute Gasteiger partial charge is 0.466 e. The standard InChI is InChI=1S/C21H30N4O4/c1-2-29-19(27)21-7-3-10-24(18(26)16-5-11-28-12-6-16)13-17(21)14-25(15-21)20-22-8-4-9-23-20/h4,8-9,16-17H,2-3,5-7,10-15H2,1H3/t17-,21-/m0/s1. The van der Waals surface area contributed by atoms with Crippen molar-refractivity contribution in [2.24, 2.45) is 17.3 Å². The molecule has 0 aliphatic carbocycles. The number of aromatic nitrogens is 2. The quantitative estimate of drug-likeness (QED) is 0.706. The van der Waals surface area contributed by atoms with Crippen LogP contribution in [0, 0.1) is 17.3 Å². The molecular weight excluding hydrogens is 372 g/mol. The molecule has 0 unspecified atom stereocenters. The van der Waals surface area contributed by atoms with Crippen molar-refractivity contribution in [2.45, 2.75) is 32.6 Å². The molecule has 0 spiro atoms. The van der Waals surface area contributed by atoms with Gasteiger partial charge in [-0.25, -0.2) is 9.97 Å². The highest BCUT2D eigenvalue weighted by atomic mass is 16.5. The van der Waals surface area contributed by atoms with Gasteiger partial charge in [-0.15, -0.1) is 0 Å². The lowest BCUT2D eigenvalue weighted by Crippen LogP contribution is -2.45. The summed E-state index contributed by atoms with van der Waals surface area (Å²) in [5, 5.41) is 0. The van der Waals surface area contributed by atoms with Crippen LogP contribution in [0.15, 0.2) is 18.5 Å². The zero-order valence-corrected chi connectivity index (χ0v) is 17.1. The number of carbonyl (C=O) groups is 2. The molecule has 4 heterocycles. The summed E-state index contributed by atoms with van der Waals surface area (Å²) >= 11 is 0. The lowest BCUT2D eigenvalue weighted by atomic mass is 9.75. The van der Waals surface area contributed by atoms with Crippen LogP contribution in [0.2, 0.25) is 0 Å². The first-order valence-electron chi connectivity index (χ1n) is 10.7. The van der Waals surface area contributed by atoms with Crippen molar-refractivity contribution < 1.29 is 19.1 Å². The highest BCUT2D eigenvalue weighted by Crippen LogP contribution is 2.44. The second-order valence-corrected chi connectivity index (χ2v) is 8.28. The summed E-state index contributed by atoms with van der Waals surface area (Å²) in [4.78, 5) is 39.1. The summed E-state index contributed by atoms with van der Waals surface area (Å²) in [5.41, 5.74) is -0.611. The molecule has 29 heavy (non-hydrogen) atoms. The molecule has 4 rings (SSSR count). The summed E-state index contributed by atoms with van der Waals surface area (Å²) < 4.78 is 10.9. The zero-order valence-electron chi connectivity index (χ0n) is 17.1. The Hall–Kier alpha value is -2.22. The molecule has 1 aromatic heterocycles. The molecule has 3 aliphatic heterocycles. The van der Waals surface area contributed by atoms with E-state index in [-0.39, 0.29) is 23.7 Å². The van der Waals surface area contributed by atoms with Gasteiger partial charge >= 0.3 is 5.97 Å². The Morgan fingerprint density at radius 2 is 2.00 bits per heavy atom. The van der Waals surface area contributed by atoms with Gasteiger partial charge in [-0.1, -0.05) is 0 Å². The minimum absolute atomic E-state index is 0.0108. The molecule has 0 N–H and O–H groups in total. The normalized spacial score (nSPS) is 28.0. The third kappa shape index (κ3) is 3.95. The molecule has 0 aromatic carbocycles. The van der Waals surface area contributed by atoms with E-state index in [2.05, 4.69) is 14.9 Å². The van der Waals surface area contributed by atoms with E-state index in [1.807, 2.05) is 11.8 Å². The minimum Gasteiger partial charge on any atom is -0.466 e. The van der Waals surface area contributed by atoms with Crippen LogP contribution in [0.4, 0.5) is 5.95 Å². The van der Waals surface area contributed by atoms with Gasteiger partial charge in [-0.2, -0.15) is 0 Å². The number of anilines is 1. The van der Waals surface area contributed by atoms with Crippen LogP contribution >= 0.6 is 0 Å². The van der Waals surface area contributed by atoms with Crippen molar-refractivity contribution >= 4 is 17.8 Å². The average molecular weight is 402 g/mol. The minimum atomic E-state index is -0.611. The predicted molar refractivity (Wildman–Crippen MR) is 106 cm³/mol. The van der Waals surface area contributed by atoms with E-state index in [4.69, 9.17) is 9.47 Å². The number of rotatable bonds is 4. The van der Waals surface area contributed by atoms with Crippen molar-refractivity contribution in [1.29, 1.82) is 0 Å². The molecule has 3 fully saturated rings. The van der Waals surface area contributed by atoms with Gasteiger partial charge in [0.05, 0.1) is 12.0 Å². The number of fused-ring (bicyclic) bond motifs is 1. The molecule has 158 valence electrons. The van der Waals surface area contributed by atoms with Crippen LogP contribution < -0.4 is 4.90 Å². The van der Waals surface area contributed by atoms with Crippen molar-refractivity contribution in [3.63, 3.8) is 0 Å². The average Bonchev–Trinajstić information content (AvgIpc) is 3.03. The maximum atomic E-state index is 13.2. The van der Waals surface area contributed by atoms with Gasteiger partial charge in [-0.05, 0) is 38.7 Å². The summed E-state index contributed by atoms with van der Waals surface area (Å²) in [6.07, 6.45) is 6.52. The van der Waals surface area contributed by atoms with Gasteiger partial charge in [0.15, 0.2) is 0 Å². The van der Waals surface area contributed by atoms with Gasteiger partial charge in [0.2, 0.25) is 11.9 Å². The smallest absolute Gasteiger partial charge is 0.314 e. The fourth-order valence-corrected chi connectivity index (χ4v) is 5.05. The van der Waals surface area contributed by atoms with Crippen LogP contribution in [0.1, 0.15) is 32.6 Å². The first-order valence-corrected chi connectivity index (χ1v) is 10.7. The zero-order chi connectivity index (χ0) is 20.3. The van der Waals surface area contributed by atoms with Crippen LogP contribution in [0.5, 0.6) is 0 Å². The van der Waals surface area contributed by atoms with Gasteiger partial charge in [0.25, 0.3) is 0 Å². The van der Waals surface area contributed by atoms with E-state index >= 15 is 0 Å². The molecule has 0 radical (unpaired) electrons. The second-order valence-electron chi connectivity index (χ2n) is 8.28. The summed E-state index contributed by atoms with van der Waals surface area (Å²) in [6.45, 7) is 5.99. The highest BCUT2D eigenvalue weighted by Gasteiger charge is 2.55. The molecule has 0 bridgehead atoms. The molecule has 3 saturated heterocycles. The number of likely N-dealkylation sites (tertiary alicyclic amines) is 1. The van der Waals surface area contributed by atoms with Gasteiger partial charge in [-0.3, -0.25) is 9.59 Å². The third-order valence-electron chi connectivity index (χ3n) is 6.59. The second kappa shape index (κ2) is 8.65. The number of carbonyl (C=O) groups excluding carboxylic acids is 2. The topological polar surface area (TPSA) is 84.9 Å². The molecule has 3 aliphatic rings. The van der Waals surface area contributed by atoms with Crippen LogP contribution in [-0.2, 0) is 19.1 Å². The molecule has 2 atom stereocenters. The Labute approximate surface area is 171 Å². The van der Waals surface area contributed by atoms with Crippen molar-refractivity contribution in [3.8, 4) is 0 Å². The van der Waals surface area contributed by atoms with E-state index in [0.29, 0.717) is 51.9 Å². The number of ether oxygens (including phenoxy) is 2. The number of nitrogens with zero attached hydrogens (tertiary/aromatic N) is 4. The number of hydrogen-bond acceptors (Lipinski definition) is 7. The lowest BCUT2D eigenvalue weighted by Gasteiger charge is -2.32. The number of hydrogen-bond donors (Lipinski definition) is 0. The third-order valence-corrected chi connectivity index (χ3v) is 6.59. The van der Waals surface area contributed by atoms with E-state index in [0.717, 1.165) is 25.7 Å². The van der Waals surface area contributed by atoms with Gasteiger partial charge < -0.3 is 19.3 Å². The predicted octanol–water partition coefficient (Wildman–Crippen LogP) is 1.51. The maximum absolute atomic E-state index is 13.2. The summed E-state index contributed by atoms with van der Waals surface area (Å²) in [7, 11) is 0. The first-order chi connectivity index (χ1) is 14.1. The van der Waals surface area contributed by atoms with Crippen LogP contribution in [0.3, 0.4) is 0 Å². The van der Waals surface area contributed by atoms with E-state index in [1.54, 1.807) is 18.5 Å². The molecule has 8 heteroatoms. The first kappa shape index (κ1) is 20.1. The summed E-state index contributed by atoms with van der Waals surface area (Å²) in [5.74, 6) is 0.739.